The molecule has 0 saturated carbocycles. The van der Waals surface area contributed by atoms with Crippen LogP contribution in [0, 0.1) is 0 Å². The van der Waals surface area contributed by atoms with Gasteiger partial charge in [-0.05, 0) is 0 Å². The first-order valence-electron chi connectivity index (χ1n) is 8.74. The van der Waals surface area contributed by atoms with Crippen LogP contribution in [0.15, 0.2) is 45.6 Å². The zero-order valence-corrected chi connectivity index (χ0v) is 20.4. The quantitative estimate of drug-likeness (QED) is 0.459. The molecule has 2 unspecified atom stereocenters. The van der Waals surface area contributed by atoms with E-state index in [9.17, 15) is 0 Å². The molecule has 0 aromatic rings. The summed E-state index contributed by atoms with van der Waals surface area (Å²) < 4.78 is 12.1. The zero-order chi connectivity index (χ0) is 17.4. The molecule has 2 aliphatic rings. The topological polar surface area (TPSA) is 0 Å². The SMILES string of the molecule is CC1=CC(C)=C(C)[CH]1[Zr]([CH3])([CH3])([CH3])([CH3])(=[SiH2])[CH]1C(C)=CC(C)=C1C. The Morgan fingerprint density at radius 3 is 1.14 bits per heavy atom. The standard InChI is InChI=1S/2C8H11.4CH3.H2Si.Zr/c2*1-6-4-7(2)8(3)5-6;;;;;;/h2*4-5H,1-3H3;4*1H3;1H2;. The van der Waals surface area contributed by atoms with Crippen molar-refractivity contribution in [2.45, 2.75) is 67.3 Å². The third-order valence-corrected chi connectivity index (χ3v) is 31.2. The van der Waals surface area contributed by atoms with Crippen LogP contribution in [0.2, 0.25) is 25.8 Å². The van der Waals surface area contributed by atoms with E-state index in [1.54, 1.807) is 22.3 Å². The fourth-order valence-electron chi connectivity index (χ4n) is 7.08. The van der Waals surface area contributed by atoms with Crippen molar-refractivity contribution in [2.24, 2.45) is 0 Å². The first-order valence-corrected chi connectivity index (χ1v) is 27.3. The molecule has 2 atom stereocenters. The Bertz CT molecular complexity index is 757. The van der Waals surface area contributed by atoms with Crippen LogP contribution in [-0.2, 0) is 14.4 Å². The monoisotopic (exact) mass is 394 g/mol. The summed E-state index contributed by atoms with van der Waals surface area (Å²) in [7, 11) is 0. The van der Waals surface area contributed by atoms with Gasteiger partial charge in [0.25, 0.3) is 0 Å². The summed E-state index contributed by atoms with van der Waals surface area (Å²) in [6, 6.07) is 0. The molecule has 0 saturated heterocycles. The van der Waals surface area contributed by atoms with Gasteiger partial charge in [-0.2, -0.15) is 0 Å². The normalized spacial score (nSPS) is 31.5. The Balaban J connectivity index is 2.93. The maximum absolute atomic E-state index is 4.11. The van der Waals surface area contributed by atoms with E-state index in [2.05, 4.69) is 79.1 Å². The van der Waals surface area contributed by atoms with Gasteiger partial charge in [0.2, 0.25) is 0 Å². The van der Waals surface area contributed by atoms with Crippen LogP contribution in [0.3, 0.4) is 0 Å². The van der Waals surface area contributed by atoms with E-state index in [1.165, 1.54) is 11.1 Å². The van der Waals surface area contributed by atoms with Gasteiger partial charge >= 0.3 is 134 Å². The van der Waals surface area contributed by atoms with Crippen molar-refractivity contribution in [3.8, 4) is 0 Å². The average Bonchev–Trinajstić information content (AvgIpc) is 2.64. The van der Waals surface area contributed by atoms with E-state index < -0.39 is 14.4 Å². The third kappa shape index (κ3) is 2.32. The molecule has 0 radical (unpaired) electrons. The third-order valence-electron chi connectivity index (χ3n) is 6.96. The summed E-state index contributed by atoms with van der Waals surface area (Å²) in [4.78, 5) is 0. The Labute approximate surface area is 133 Å². The molecule has 0 aromatic heterocycles. The summed E-state index contributed by atoms with van der Waals surface area (Å²) in [6.07, 6.45) is 4.89. The predicted octanol–water partition coefficient (Wildman–Crippen LogP) is 6.66. The summed E-state index contributed by atoms with van der Waals surface area (Å²) in [5.41, 5.74) is 9.41. The second-order valence-corrected chi connectivity index (χ2v) is 73.0. The van der Waals surface area contributed by atoms with Gasteiger partial charge in [0.05, 0.1) is 0 Å². The molecule has 22 heavy (non-hydrogen) atoms. The van der Waals surface area contributed by atoms with E-state index in [1.807, 2.05) is 0 Å². The summed E-state index contributed by atoms with van der Waals surface area (Å²) in [6.45, 7) is 16.5. The molecule has 0 N–H and O–H groups in total. The Kier molecular flexibility index (Phi) is 3.20. The van der Waals surface area contributed by atoms with Crippen LogP contribution in [0.5, 0.6) is 0 Å². The van der Waals surface area contributed by atoms with Gasteiger partial charge in [-0.15, -0.1) is 0 Å². The van der Waals surface area contributed by atoms with Crippen LogP contribution in [-0.4, -0.2) is 6.88 Å². The van der Waals surface area contributed by atoms with E-state index in [0.717, 1.165) is 0 Å². The fraction of sp³-hybridized carbons (Fsp3) is 0.600. The molecule has 0 aliphatic heterocycles. The van der Waals surface area contributed by atoms with Crippen LogP contribution in [0.4, 0.5) is 0 Å². The molecular formula is C20H36SiZr. The molecule has 2 heteroatoms. The average molecular weight is 396 g/mol. The molecule has 0 fully saturated rings. The van der Waals surface area contributed by atoms with Gasteiger partial charge in [-0.1, -0.05) is 0 Å². The first-order chi connectivity index (χ1) is 9.42. The molecule has 0 bridgehead atoms. The Morgan fingerprint density at radius 2 is 0.955 bits per heavy atom. The van der Waals surface area contributed by atoms with Gasteiger partial charge in [0.15, 0.2) is 0 Å². The second kappa shape index (κ2) is 3.83. The van der Waals surface area contributed by atoms with Gasteiger partial charge in [0.1, 0.15) is 0 Å². The van der Waals surface area contributed by atoms with Gasteiger partial charge in [-0.25, -0.2) is 0 Å². The molecule has 0 nitrogen and oxygen atoms in total. The van der Waals surface area contributed by atoms with E-state index in [0.29, 0.717) is 7.25 Å². The fourth-order valence-corrected chi connectivity index (χ4v) is 39.9. The number of rotatable bonds is 2. The summed E-state index contributed by atoms with van der Waals surface area (Å²) in [5.74, 6) is 0. The van der Waals surface area contributed by atoms with Crippen molar-refractivity contribution in [1.29, 1.82) is 0 Å². The number of hydrogen-bond donors (Lipinski definition) is 0. The number of allylic oxidation sites excluding steroid dienone is 8. The van der Waals surface area contributed by atoms with Crippen LogP contribution in [0.1, 0.15) is 41.5 Å². The summed E-state index contributed by atoms with van der Waals surface area (Å²) >= 11 is -4.11. The van der Waals surface area contributed by atoms with Crippen molar-refractivity contribution in [2.75, 3.05) is 0 Å². The number of hydrogen-bond acceptors (Lipinski definition) is 0. The molecule has 0 spiro atoms. The molecular weight excluding hydrogens is 360 g/mol. The predicted molar refractivity (Wildman–Crippen MR) is 104 cm³/mol. The van der Waals surface area contributed by atoms with Crippen LogP contribution in [0.25, 0.3) is 0 Å². The summed E-state index contributed by atoms with van der Waals surface area (Å²) in [5, 5.41) is 0. The van der Waals surface area contributed by atoms with Crippen LogP contribution < -0.4 is 0 Å². The van der Waals surface area contributed by atoms with E-state index in [4.69, 9.17) is 0 Å². The molecule has 0 amide bonds. The molecule has 2 rings (SSSR count). The van der Waals surface area contributed by atoms with Gasteiger partial charge in [0, 0.05) is 0 Å². The van der Waals surface area contributed by atoms with Gasteiger partial charge < -0.3 is 0 Å². The molecule has 0 aromatic carbocycles. The van der Waals surface area contributed by atoms with Crippen molar-refractivity contribution >= 4 is 6.88 Å². The van der Waals surface area contributed by atoms with Crippen molar-refractivity contribution in [1.82, 2.24) is 0 Å². The van der Waals surface area contributed by atoms with E-state index in [-0.39, 0.29) is 0 Å². The molecule has 2 aliphatic carbocycles. The minimum atomic E-state index is -4.11. The Hall–Kier alpha value is 0.0600. The second-order valence-electron chi connectivity index (χ2n) is 12.7. The maximum atomic E-state index is 2.71. The van der Waals surface area contributed by atoms with Crippen molar-refractivity contribution < 1.29 is 14.4 Å². The molecule has 0 heterocycles. The van der Waals surface area contributed by atoms with Crippen LogP contribution >= 0.6 is 0 Å². The zero-order valence-electron chi connectivity index (χ0n) is 16.5. The van der Waals surface area contributed by atoms with Crippen molar-refractivity contribution in [3.63, 3.8) is 0 Å². The van der Waals surface area contributed by atoms with E-state index >= 15 is 0 Å². The van der Waals surface area contributed by atoms with Gasteiger partial charge in [-0.3, -0.25) is 0 Å². The first kappa shape index (κ1) is 18.4. The minimum absolute atomic E-state index is 0.629. The molecule has 124 valence electrons. The van der Waals surface area contributed by atoms with Crippen molar-refractivity contribution in [3.05, 3.63) is 45.6 Å². The Morgan fingerprint density at radius 1 is 0.682 bits per heavy atom.